The summed E-state index contributed by atoms with van der Waals surface area (Å²) in [6, 6.07) is 11.0. The Bertz CT molecular complexity index is 1010. The summed E-state index contributed by atoms with van der Waals surface area (Å²) in [6.45, 7) is 5.63. The van der Waals surface area contributed by atoms with Gasteiger partial charge in [-0.2, -0.15) is 4.31 Å². The number of benzene rings is 1. The summed E-state index contributed by atoms with van der Waals surface area (Å²) in [6.07, 6.45) is 5.09. The smallest absolute Gasteiger partial charge is 0.244 e. The highest BCUT2D eigenvalue weighted by molar-refractivity contribution is 7.89. The third-order valence-corrected chi connectivity index (χ3v) is 8.05. The number of rotatable bonds is 5. The van der Waals surface area contributed by atoms with E-state index in [2.05, 4.69) is 18.8 Å². The van der Waals surface area contributed by atoms with Gasteiger partial charge in [-0.05, 0) is 42.0 Å². The molecule has 0 saturated carbocycles. The van der Waals surface area contributed by atoms with Crippen molar-refractivity contribution in [2.24, 2.45) is 5.92 Å². The van der Waals surface area contributed by atoms with Crippen LogP contribution in [0.3, 0.4) is 0 Å². The van der Waals surface area contributed by atoms with E-state index in [0.29, 0.717) is 36.9 Å². The molecule has 4 rings (SSSR count). The third kappa shape index (κ3) is 3.46. The van der Waals surface area contributed by atoms with Crippen LogP contribution in [-0.4, -0.2) is 48.1 Å². The average Bonchev–Trinajstić information content (AvgIpc) is 3.21. The van der Waals surface area contributed by atoms with E-state index >= 15 is 0 Å². The molecule has 1 unspecified atom stereocenters. The van der Waals surface area contributed by atoms with Crippen LogP contribution in [0.1, 0.15) is 37.8 Å². The van der Waals surface area contributed by atoms with Gasteiger partial charge in [0.25, 0.3) is 0 Å². The van der Waals surface area contributed by atoms with Crippen LogP contribution in [0.4, 0.5) is 0 Å². The fourth-order valence-electron chi connectivity index (χ4n) is 4.49. The number of fused-ring (bicyclic) bond motifs is 2. The van der Waals surface area contributed by atoms with Crippen molar-refractivity contribution in [2.45, 2.75) is 43.5 Å². The van der Waals surface area contributed by atoms with Crippen molar-refractivity contribution in [1.29, 1.82) is 0 Å². The summed E-state index contributed by atoms with van der Waals surface area (Å²) in [4.78, 5) is 19.2. The summed E-state index contributed by atoms with van der Waals surface area (Å²) >= 11 is 0. The van der Waals surface area contributed by atoms with Crippen molar-refractivity contribution < 1.29 is 13.2 Å². The van der Waals surface area contributed by atoms with Gasteiger partial charge in [-0.15, -0.1) is 0 Å². The second-order valence-electron chi connectivity index (χ2n) is 8.39. The Morgan fingerprint density at radius 1 is 1.21 bits per heavy atom. The SMILES string of the molecule is CC(C)CCN1C2(CCN(C(=O)Cc3cccnc3)C2)c2ccccc2S1(=O)=O. The highest BCUT2D eigenvalue weighted by atomic mass is 32.2. The summed E-state index contributed by atoms with van der Waals surface area (Å²) < 4.78 is 28.3. The number of aromatic nitrogens is 1. The van der Waals surface area contributed by atoms with Crippen LogP contribution in [0.15, 0.2) is 53.7 Å². The molecule has 1 aromatic heterocycles. The second kappa shape index (κ2) is 7.54. The molecule has 2 aliphatic heterocycles. The van der Waals surface area contributed by atoms with Crippen molar-refractivity contribution in [3.05, 3.63) is 59.9 Å². The summed E-state index contributed by atoms with van der Waals surface area (Å²) in [5.74, 6) is 0.413. The Morgan fingerprint density at radius 2 is 2.00 bits per heavy atom. The van der Waals surface area contributed by atoms with E-state index in [1.807, 2.05) is 29.2 Å². The molecule has 6 nitrogen and oxygen atoms in total. The Morgan fingerprint density at radius 3 is 2.72 bits per heavy atom. The van der Waals surface area contributed by atoms with Crippen molar-refractivity contribution in [3.63, 3.8) is 0 Å². The Kier molecular flexibility index (Phi) is 5.21. The summed E-state index contributed by atoms with van der Waals surface area (Å²) in [7, 11) is -3.56. The lowest BCUT2D eigenvalue weighted by Gasteiger charge is -2.34. The van der Waals surface area contributed by atoms with Crippen molar-refractivity contribution in [2.75, 3.05) is 19.6 Å². The lowest BCUT2D eigenvalue weighted by atomic mass is 9.88. The minimum absolute atomic E-state index is 0.0143. The van der Waals surface area contributed by atoms with Gasteiger partial charge < -0.3 is 4.90 Å². The molecule has 1 spiro atoms. The van der Waals surface area contributed by atoms with Gasteiger partial charge in [0.05, 0.1) is 16.9 Å². The van der Waals surface area contributed by atoms with Crippen LogP contribution in [0.25, 0.3) is 0 Å². The van der Waals surface area contributed by atoms with E-state index in [9.17, 15) is 13.2 Å². The number of hydrogen-bond acceptors (Lipinski definition) is 4. The number of carbonyl (C=O) groups excluding carboxylic acids is 1. The number of carbonyl (C=O) groups is 1. The first kappa shape index (κ1) is 20.0. The summed E-state index contributed by atoms with van der Waals surface area (Å²) in [5.41, 5.74) is 1.05. The quantitative estimate of drug-likeness (QED) is 0.756. The molecule has 2 aromatic rings. The molecule has 7 heteroatoms. The van der Waals surface area contributed by atoms with Crippen LogP contribution in [-0.2, 0) is 26.8 Å². The molecule has 1 fully saturated rings. The van der Waals surface area contributed by atoms with E-state index in [0.717, 1.165) is 17.5 Å². The van der Waals surface area contributed by atoms with Gasteiger partial charge in [-0.1, -0.05) is 38.1 Å². The fourth-order valence-corrected chi connectivity index (χ4v) is 6.57. The second-order valence-corrected chi connectivity index (χ2v) is 10.2. The number of pyridine rings is 1. The molecular formula is C22H27N3O3S. The van der Waals surface area contributed by atoms with E-state index in [4.69, 9.17) is 0 Å². The maximum atomic E-state index is 13.3. The van der Waals surface area contributed by atoms with Gasteiger partial charge in [0.2, 0.25) is 15.9 Å². The molecule has 1 aromatic carbocycles. The van der Waals surface area contributed by atoms with Crippen LogP contribution < -0.4 is 0 Å². The fraction of sp³-hybridized carbons (Fsp3) is 0.455. The normalized spacial score (nSPS) is 23.1. The van der Waals surface area contributed by atoms with Gasteiger partial charge in [-0.25, -0.2) is 8.42 Å². The van der Waals surface area contributed by atoms with Gasteiger partial charge in [0.15, 0.2) is 0 Å². The molecule has 0 aliphatic carbocycles. The molecule has 29 heavy (non-hydrogen) atoms. The minimum atomic E-state index is -3.56. The van der Waals surface area contributed by atoms with Gasteiger partial charge in [0, 0.05) is 32.0 Å². The van der Waals surface area contributed by atoms with Crippen molar-refractivity contribution >= 4 is 15.9 Å². The molecule has 2 aliphatic rings. The molecule has 154 valence electrons. The van der Waals surface area contributed by atoms with Crippen molar-refractivity contribution in [1.82, 2.24) is 14.2 Å². The number of sulfonamides is 1. The van der Waals surface area contributed by atoms with Crippen LogP contribution in [0.5, 0.6) is 0 Å². The zero-order valence-corrected chi connectivity index (χ0v) is 17.7. The van der Waals surface area contributed by atoms with Crippen LogP contribution in [0, 0.1) is 5.92 Å². The van der Waals surface area contributed by atoms with Crippen LogP contribution >= 0.6 is 0 Å². The minimum Gasteiger partial charge on any atom is -0.340 e. The Balaban J connectivity index is 1.64. The standard InChI is InChI=1S/C22H27N3O3S/c1-17(2)9-12-25-22(19-7-3-4-8-20(19)29(25,27)28)10-13-24(16-22)21(26)14-18-6-5-11-23-15-18/h3-8,11,15,17H,9-10,12-14,16H2,1-2H3. The zero-order chi connectivity index (χ0) is 20.6. The molecular weight excluding hydrogens is 386 g/mol. The van der Waals surface area contributed by atoms with Crippen molar-refractivity contribution in [3.8, 4) is 0 Å². The third-order valence-electron chi connectivity index (χ3n) is 6.02. The van der Waals surface area contributed by atoms with Gasteiger partial charge >= 0.3 is 0 Å². The van der Waals surface area contributed by atoms with E-state index in [1.54, 1.807) is 28.8 Å². The summed E-state index contributed by atoms with van der Waals surface area (Å²) in [5, 5.41) is 0. The monoisotopic (exact) mass is 413 g/mol. The lowest BCUT2D eigenvalue weighted by molar-refractivity contribution is -0.129. The molecule has 1 atom stereocenters. The maximum Gasteiger partial charge on any atom is 0.244 e. The number of likely N-dealkylation sites (tertiary alicyclic amines) is 1. The largest absolute Gasteiger partial charge is 0.340 e. The molecule has 1 saturated heterocycles. The van der Waals surface area contributed by atoms with E-state index in [1.165, 1.54) is 0 Å². The number of hydrogen-bond donors (Lipinski definition) is 0. The Hall–Kier alpha value is -2.25. The lowest BCUT2D eigenvalue weighted by Crippen LogP contribution is -2.47. The average molecular weight is 414 g/mol. The molecule has 0 bridgehead atoms. The number of nitrogens with zero attached hydrogens (tertiary/aromatic N) is 3. The predicted molar refractivity (Wildman–Crippen MR) is 111 cm³/mol. The highest BCUT2D eigenvalue weighted by Crippen LogP contribution is 2.49. The van der Waals surface area contributed by atoms with E-state index in [-0.39, 0.29) is 12.3 Å². The van der Waals surface area contributed by atoms with Gasteiger partial charge in [0.1, 0.15) is 0 Å². The Labute approximate surface area is 172 Å². The van der Waals surface area contributed by atoms with Gasteiger partial charge in [-0.3, -0.25) is 9.78 Å². The molecule has 0 radical (unpaired) electrons. The predicted octanol–water partition coefficient (Wildman–Crippen LogP) is 2.80. The zero-order valence-electron chi connectivity index (χ0n) is 16.9. The van der Waals surface area contributed by atoms with E-state index < -0.39 is 15.6 Å². The maximum absolute atomic E-state index is 13.3. The topological polar surface area (TPSA) is 70.6 Å². The molecule has 3 heterocycles. The molecule has 0 N–H and O–H groups in total. The first-order chi connectivity index (χ1) is 13.8. The highest BCUT2D eigenvalue weighted by Gasteiger charge is 2.56. The first-order valence-corrected chi connectivity index (χ1v) is 11.6. The number of amides is 1. The van der Waals surface area contributed by atoms with Crippen LogP contribution in [0.2, 0.25) is 0 Å². The molecule has 1 amide bonds. The first-order valence-electron chi connectivity index (χ1n) is 10.1.